The lowest BCUT2D eigenvalue weighted by molar-refractivity contribution is 0.159. The fourth-order valence-corrected chi connectivity index (χ4v) is 1.10. The molecule has 0 radical (unpaired) electrons. The molecule has 0 amide bonds. The Bertz CT molecular complexity index is 286. The van der Waals surface area contributed by atoms with E-state index in [-0.39, 0.29) is 0 Å². The zero-order valence-corrected chi connectivity index (χ0v) is 6.38. The van der Waals surface area contributed by atoms with Gasteiger partial charge in [0.25, 0.3) is 0 Å². The first-order valence-corrected chi connectivity index (χ1v) is 3.68. The molecule has 1 atom stereocenters. The summed E-state index contributed by atoms with van der Waals surface area (Å²) in [6.07, 6.45) is 0.812. The minimum atomic E-state index is -0.743. The second-order valence-electron chi connectivity index (χ2n) is 2.49. The number of nitrogens with one attached hydrogen (secondary N) is 1. The highest BCUT2D eigenvalue weighted by Crippen LogP contribution is 2.14. The molecule has 1 aromatic rings. The van der Waals surface area contributed by atoms with Gasteiger partial charge in [0.1, 0.15) is 6.34 Å². The van der Waals surface area contributed by atoms with Gasteiger partial charge in [-0.25, -0.2) is 0 Å². The zero-order valence-electron chi connectivity index (χ0n) is 6.38. The number of aliphatic hydroxyl groups is 1. The number of rotatable bonds is 1. The van der Waals surface area contributed by atoms with E-state index in [1.165, 1.54) is 0 Å². The predicted octanol–water partition coefficient (Wildman–Crippen LogP) is 0.315. The number of hydrazone groups is 1. The van der Waals surface area contributed by atoms with E-state index in [1.54, 1.807) is 11.2 Å². The molecule has 0 spiro atoms. The molecule has 0 aliphatic carbocycles. The molecule has 2 rings (SSSR count). The van der Waals surface area contributed by atoms with Gasteiger partial charge >= 0.3 is 0 Å². The number of para-hydroxylation sites is 1. The maximum atomic E-state index is 9.33. The number of nitrogens with zero attached hydrogens (tertiary/aromatic N) is 2. The summed E-state index contributed by atoms with van der Waals surface area (Å²) in [5.41, 5.74) is 3.43. The zero-order chi connectivity index (χ0) is 8.39. The van der Waals surface area contributed by atoms with E-state index < -0.39 is 6.35 Å². The fourth-order valence-electron chi connectivity index (χ4n) is 1.10. The first-order chi connectivity index (χ1) is 5.88. The van der Waals surface area contributed by atoms with E-state index in [1.807, 2.05) is 30.3 Å². The van der Waals surface area contributed by atoms with Crippen LogP contribution in [0.1, 0.15) is 0 Å². The third-order valence-electron chi connectivity index (χ3n) is 1.69. The maximum Gasteiger partial charge on any atom is 0.225 e. The minimum absolute atomic E-state index is 0.743. The highest BCUT2D eigenvalue weighted by Gasteiger charge is 2.17. The molecule has 2 N–H and O–H groups in total. The Balaban J connectivity index is 2.25. The second kappa shape index (κ2) is 2.83. The van der Waals surface area contributed by atoms with Crippen molar-refractivity contribution in [3.8, 4) is 0 Å². The Morgan fingerprint density at radius 2 is 2.08 bits per heavy atom. The van der Waals surface area contributed by atoms with E-state index in [2.05, 4.69) is 10.5 Å². The standard InChI is InChI=1S/C8H9N3O/c12-8-10-9-6-11(8)7-4-2-1-3-5-7/h1-6,8,10,12H. The Hall–Kier alpha value is -1.55. The van der Waals surface area contributed by atoms with Crippen molar-refractivity contribution in [1.82, 2.24) is 5.43 Å². The first kappa shape index (κ1) is 7.12. The molecular weight excluding hydrogens is 154 g/mol. The highest BCUT2D eigenvalue weighted by atomic mass is 16.3. The molecular formula is C8H9N3O. The SMILES string of the molecule is OC1NN=CN1c1ccccc1. The number of benzene rings is 1. The number of hydrogen-bond donors (Lipinski definition) is 2. The maximum absolute atomic E-state index is 9.33. The van der Waals surface area contributed by atoms with Gasteiger partial charge in [-0.1, -0.05) is 18.2 Å². The van der Waals surface area contributed by atoms with Gasteiger partial charge in [-0.15, -0.1) is 0 Å². The summed E-state index contributed by atoms with van der Waals surface area (Å²) in [6, 6.07) is 9.56. The lowest BCUT2D eigenvalue weighted by atomic mass is 10.3. The van der Waals surface area contributed by atoms with Gasteiger partial charge in [-0.3, -0.25) is 10.3 Å². The van der Waals surface area contributed by atoms with Crippen LogP contribution in [0.2, 0.25) is 0 Å². The molecule has 1 aromatic carbocycles. The van der Waals surface area contributed by atoms with Crippen LogP contribution >= 0.6 is 0 Å². The Morgan fingerprint density at radius 1 is 1.33 bits per heavy atom. The molecule has 4 heteroatoms. The van der Waals surface area contributed by atoms with Crippen LogP contribution in [0, 0.1) is 0 Å². The summed E-state index contributed by atoms with van der Waals surface area (Å²) in [5.74, 6) is 0. The normalized spacial score (nSPS) is 21.1. The molecule has 0 bridgehead atoms. The Kier molecular flexibility index (Phi) is 1.68. The van der Waals surface area contributed by atoms with Gasteiger partial charge in [0, 0.05) is 5.69 Å². The minimum Gasteiger partial charge on any atom is -0.355 e. The molecule has 12 heavy (non-hydrogen) atoms. The summed E-state index contributed by atoms with van der Waals surface area (Å²) in [4.78, 5) is 1.64. The van der Waals surface area contributed by atoms with Crippen LogP contribution in [0.3, 0.4) is 0 Å². The largest absolute Gasteiger partial charge is 0.355 e. The van der Waals surface area contributed by atoms with Crippen LogP contribution in [0.25, 0.3) is 0 Å². The average Bonchev–Trinajstić information content (AvgIpc) is 2.53. The van der Waals surface area contributed by atoms with Crippen molar-refractivity contribution in [3.05, 3.63) is 30.3 Å². The van der Waals surface area contributed by atoms with Gasteiger partial charge in [0.2, 0.25) is 6.35 Å². The quantitative estimate of drug-likeness (QED) is 0.626. The molecule has 1 aliphatic heterocycles. The molecule has 1 aliphatic rings. The fraction of sp³-hybridized carbons (Fsp3) is 0.125. The highest BCUT2D eigenvalue weighted by molar-refractivity contribution is 5.80. The van der Waals surface area contributed by atoms with Crippen LogP contribution in [-0.2, 0) is 0 Å². The van der Waals surface area contributed by atoms with Gasteiger partial charge in [-0.05, 0) is 12.1 Å². The van der Waals surface area contributed by atoms with Crippen molar-refractivity contribution in [2.24, 2.45) is 5.10 Å². The lowest BCUT2D eigenvalue weighted by Gasteiger charge is -2.18. The number of aliphatic hydroxyl groups excluding tert-OH is 1. The van der Waals surface area contributed by atoms with E-state index in [0.29, 0.717) is 0 Å². The molecule has 62 valence electrons. The molecule has 0 saturated carbocycles. The summed E-state index contributed by atoms with van der Waals surface area (Å²) < 4.78 is 0. The monoisotopic (exact) mass is 163 g/mol. The van der Waals surface area contributed by atoms with Crippen molar-refractivity contribution in [1.29, 1.82) is 0 Å². The molecule has 4 nitrogen and oxygen atoms in total. The average molecular weight is 163 g/mol. The van der Waals surface area contributed by atoms with Gasteiger partial charge in [0.05, 0.1) is 0 Å². The molecule has 0 fully saturated rings. The van der Waals surface area contributed by atoms with Crippen molar-refractivity contribution < 1.29 is 5.11 Å². The molecule has 1 heterocycles. The van der Waals surface area contributed by atoms with E-state index in [4.69, 9.17) is 0 Å². The third-order valence-corrected chi connectivity index (χ3v) is 1.69. The van der Waals surface area contributed by atoms with E-state index in [0.717, 1.165) is 5.69 Å². The lowest BCUT2D eigenvalue weighted by Crippen LogP contribution is -2.36. The van der Waals surface area contributed by atoms with Gasteiger partial charge in [-0.2, -0.15) is 5.10 Å². The van der Waals surface area contributed by atoms with Crippen molar-refractivity contribution in [2.75, 3.05) is 4.90 Å². The van der Waals surface area contributed by atoms with Crippen LogP contribution in [0.4, 0.5) is 5.69 Å². The topological polar surface area (TPSA) is 47.9 Å². The van der Waals surface area contributed by atoms with Gasteiger partial charge < -0.3 is 5.11 Å². The van der Waals surface area contributed by atoms with E-state index >= 15 is 0 Å². The molecule has 0 saturated heterocycles. The number of anilines is 1. The summed E-state index contributed by atoms with van der Waals surface area (Å²) in [7, 11) is 0. The van der Waals surface area contributed by atoms with Crippen molar-refractivity contribution in [3.63, 3.8) is 0 Å². The summed E-state index contributed by atoms with van der Waals surface area (Å²) >= 11 is 0. The Morgan fingerprint density at radius 3 is 2.67 bits per heavy atom. The van der Waals surface area contributed by atoms with Crippen molar-refractivity contribution >= 4 is 12.0 Å². The third kappa shape index (κ3) is 1.12. The summed E-state index contributed by atoms with van der Waals surface area (Å²) in [6.45, 7) is 0. The second-order valence-corrected chi connectivity index (χ2v) is 2.49. The number of hydrogen-bond acceptors (Lipinski definition) is 4. The van der Waals surface area contributed by atoms with Crippen LogP contribution in [-0.4, -0.2) is 17.8 Å². The van der Waals surface area contributed by atoms with Gasteiger partial charge in [0.15, 0.2) is 0 Å². The Labute approximate surface area is 70.1 Å². The van der Waals surface area contributed by atoms with E-state index in [9.17, 15) is 5.11 Å². The van der Waals surface area contributed by atoms with Crippen molar-refractivity contribution in [2.45, 2.75) is 6.35 Å². The van der Waals surface area contributed by atoms with Crippen LogP contribution < -0.4 is 10.3 Å². The summed E-state index contributed by atoms with van der Waals surface area (Å²) in [5, 5.41) is 13.1. The smallest absolute Gasteiger partial charge is 0.225 e. The van der Waals surface area contributed by atoms with Crippen LogP contribution in [0.5, 0.6) is 0 Å². The van der Waals surface area contributed by atoms with Crippen LogP contribution in [0.15, 0.2) is 35.4 Å². The molecule has 0 aromatic heterocycles. The molecule has 1 unspecified atom stereocenters. The first-order valence-electron chi connectivity index (χ1n) is 3.68. The predicted molar refractivity (Wildman–Crippen MR) is 46.6 cm³/mol.